The van der Waals surface area contributed by atoms with Crippen molar-refractivity contribution in [3.63, 3.8) is 0 Å². The van der Waals surface area contributed by atoms with Gasteiger partial charge in [0, 0.05) is 32.2 Å². The van der Waals surface area contributed by atoms with Gasteiger partial charge in [-0.15, -0.1) is 0 Å². The smallest absolute Gasteiger partial charge is 0.220 e. The van der Waals surface area contributed by atoms with E-state index in [1.165, 1.54) is 6.26 Å². The van der Waals surface area contributed by atoms with Crippen LogP contribution < -0.4 is 10.6 Å². The quantitative estimate of drug-likeness (QED) is 0.749. The molecule has 7 nitrogen and oxygen atoms in total. The average Bonchev–Trinajstić information content (AvgIpc) is 3.07. The van der Waals surface area contributed by atoms with Crippen molar-refractivity contribution in [2.24, 2.45) is 0 Å². The highest BCUT2D eigenvalue weighted by atomic mass is 32.2. The predicted molar refractivity (Wildman–Crippen MR) is 103 cm³/mol. The Morgan fingerprint density at radius 3 is 2.70 bits per heavy atom. The Bertz CT molecular complexity index is 880. The first-order valence-corrected chi connectivity index (χ1v) is 11.1. The third-order valence-electron chi connectivity index (χ3n) is 4.78. The molecule has 0 unspecified atom stereocenters. The molecule has 3 rings (SSSR count). The highest BCUT2D eigenvalue weighted by Gasteiger charge is 2.16. The molecule has 0 fully saturated rings. The normalized spacial score (nSPS) is 15.2. The van der Waals surface area contributed by atoms with Crippen LogP contribution in [0.2, 0.25) is 0 Å². The van der Waals surface area contributed by atoms with Crippen LogP contribution in [0.1, 0.15) is 42.8 Å². The van der Waals surface area contributed by atoms with Gasteiger partial charge in [-0.2, -0.15) is 5.10 Å². The van der Waals surface area contributed by atoms with Crippen molar-refractivity contribution < 1.29 is 13.2 Å². The third-order valence-corrected chi connectivity index (χ3v) is 5.91. The van der Waals surface area contributed by atoms with Crippen LogP contribution in [-0.4, -0.2) is 36.9 Å². The lowest BCUT2D eigenvalue weighted by molar-refractivity contribution is -0.121. The lowest BCUT2D eigenvalue weighted by Crippen LogP contribution is -2.28. The van der Waals surface area contributed by atoms with Crippen molar-refractivity contribution in [3.8, 4) is 0 Å². The molecular weight excluding hydrogens is 364 g/mol. The fraction of sp³-hybridized carbons (Fsp3) is 0.474. The van der Waals surface area contributed by atoms with Crippen LogP contribution in [-0.2, 0) is 34.1 Å². The van der Waals surface area contributed by atoms with Crippen LogP contribution >= 0.6 is 0 Å². The molecular formula is C19H26N4O3S. The summed E-state index contributed by atoms with van der Waals surface area (Å²) in [6, 6.07) is 8.63. The molecule has 1 atom stereocenters. The lowest BCUT2D eigenvalue weighted by Gasteiger charge is -2.17. The van der Waals surface area contributed by atoms with Gasteiger partial charge in [-0.05, 0) is 30.2 Å². The molecule has 0 saturated heterocycles. The molecule has 1 aromatic heterocycles. The number of nitrogens with one attached hydrogen (secondary N) is 2. The minimum absolute atomic E-state index is 0.0295. The number of benzene rings is 1. The number of carbonyl (C=O) groups is 1. The fourth-order valence-corrected chi connectivity index (χ4v) is 3.88. The minimum atomic E-state index is -3.22. The summed E-state index contributed by atoms with van der Waals surface area (Å²) in [6.07, 6.45) is 2.90. The predicted octanol–water partition coefficient (Wildman–Crippen LogP) is 1.59. The second-order valence-corrected chi connectivity index (χ2v) is 8.91. The largest absolute Gasteiger partial charge is 0.349 e. The molecule has 2 heterocycles. The van der Waals surface area contributed by atoms with E-state index < -0.39 is 9.84 Å². The van der Waals surface area contributed by atoms with Gasteiger partial charge in [0.15, 0.2) is 9.84 Å². The first-order valence-electron chi connectivity index (χ1n) is 9.22. The summed E-state index contributed by atoms with van der Waals surface area (Å²) in [6.45, 7) is 4.60. The maximum atomic E-state index is 12.4. The standard InChI is InChI=1S/C19H26N4O3S/c1-3-18(14-4-7-17(8-5-14)27(2,25)26)21-19(24)9-6-15-12-16-13-20-10-11-23(16)22-15/h4-5,7-8,12,18,20H,3,6,9-11,13H2,1-2H3,(H,21,24)/t18-/m1/s1. The highest BCUT2D eigenvalue weighted by molar-refractivity contribution is 7.90. The van der Waals surface area contributed by atoms with Gasteiger partial charge in [-0.1, -0.05) is 19.1 Å². The Kier molecular flexibility index (Phi) is 5.96. The van der Waals surface area contributed by atoms with Crippen LogP contribution in [0.4, 0.5) is 0 Å². The molecule has 2 N–H and O–H groups in total. The van der Waals surface area contributed by atoms with Gasteiger partial charge >= 0.3 is 0 Å². The molecule has 0 radical (unpaired) electrons. The van der Waals surface area contributed by atoms with Crippen molar-refractivity contribution in [3.05, 3.63) is 47.3 Å². The average molecular weight is 391 g/mol. The van der Waals surface area contributed by atoms with Crippen molar-refractivity contribution in [1.82, 2.24) is 20.4 Å². The fourth-order valence-electron chi connectivity index (χ4n) is 3.25. The van der Waals surface area contributed by atoms with Gasteiger partial charge in [0.05, 0.1) is 28.9 Å². The lowest BCUT2D eigenvalue weighted by atomic mass is 10.0. The molecule has 8 heteroatoms. The number of rotatable bonds is 7. The van der Waals surface area contributed by atoms with Crippen LogP contribution in [0.25, 0.3) is 0 Å². The van der Waals surface area contributed by atoms with Gasteiger partial charge < -0.3 is 10.6 Å². The molecule has 1 aliphatic heterocycles. The number of sulfone groups is 1. The summed E-state index contributed by atoms with van der Waals surface area (Å²) >= 11 is 0. The molecule has 0 bridgehead atoms. The first kappa shape index (κ1) is 19.6. The number of hydrogen-bond acceptors (Lipinski definition) is 5. The second-order valence-electron chi connectivity index (χ2n) is 6.90. The Morgan fingerprint density at radius 2 is 2.07 bits per heavy atom. The highest BCUT2D eigenvalue weighted by Crippen LogP contribution is 2.19. The van der Waals surface area contributed by atoms with Gasteiger partial charge in [0.25, 0.3) is 0 Å². The monoisotopic (exact) mass is 390 g/mol. The van der Waals surface area contributed by atoms with E-state index in [1.54, 1.807) is 24.3 Å². The van der Waals surface area contributed by atoms with Crippen LogP contribution in [0.5, 0.6) is 0 Å². The summed E-state index contributed by atoms with van der Waals surface area (Å²) < 4.78 is 25.1. The van der Waals surface area contributed by atoms with Gasteiger partial charge in [0.2, 0.25) is 5.91 Å². The second kappa shape index (κ2) is 8.22. The van der Waals surface area contributed by atoms with Crippen molar-refractivity contribution in [2.75, 3.05) is 12.8 Å². The number of hydrogen-bond donors (Lipinski definition) is 2. The molecule has 0 aliphatic carbocycles. The summed E-state index contributed by atoms with van der Waals surface area (Å²) in [5, 5.41) is 10.9. The summed E-state index contributed by atoms with van der Waals surface area (Å²) in [5.74, 6) is -0.0295. The minimum Gasteiger partial charge on any atom is -0.349 e. The number of amides is 1. The SMILES string of the molecule is CC[C@@H](NC(=O)CCc1cc2n(n1)CCNC2)c1ccc(S(C)(=O)=O)cc1. The zero-order valence-electron chi connectivity index (χ0n) is 15.7. The van der Waals surface area contributed by atoms with E-state index in [0.717, 1.165) is 43.0 Å². The van der Waals surface area contributed by atoms with Crippen LogP contribution in [0.15, 0.2) is 35.2 Å². The molecule has 2 aromatic rings. The molecule has 0 saturated carbocycles. The Labute approximate surface area is 160 Å². The number of aryl methyl sites for hydroxylation is 1. The number of aromatic nitrogens is 2. The summed E-state index contributed by atoms with van der Waals surface area (Å²) in [7, 11) is -3.22. The van der Waals surface area contributed by atoms with E-state index in [9.17, 15) is 13.2 Å². The van der Waals surface area contributed by atoms with Gasteiger partial charge in [-0.25, -0.2) is 8.42 Å². The van der Waals surface area contributed by atoms with Gasteiger partial charge in [-0.3, -0.25) is 9.48 Å². The first-order chi connectivity index (χ1) is 12.9. The number of fused-ring (bicyclic) bond motifs is 1. The van der Waals surface area contributed by atoms with E-state index >= 15 is 0 Å². The Hall–Kier alpha value is -2.19. The molecule has 146 valence electrons. The van der Waals surface area contributed by atoms with E-state index in [0.29, 0.717) is 12.8 Å². The van der Waals surface area contributed by atoms with E-state index in [4.69, 9.17) is 0 Å². The summed E-state index contributed by atoms with van der Waals surface area (Å²) in [4.78, 5) is 12.7. The van der Waals surface area contributed by atoms with Crippen molar-refractivity contribution >= 4 is 15.7 Å². The van der Waals surface area contributed by atoms with Crippen LogP contribution in [0.3, 0.4) is 0 Å². The number of carbonyl (C=O) groups excluding carboxylic acids is 1. The van der Waals surface area contributed by atoms with Crippen LogP contribution in [0, 0.1) is 0 Å². The topological polar surface area (TPSA) is 93.1 Å². The zero-order valence-corrected chi connectivity index (χ0v) is 16.6. The van der Waals surface area contributed by atoms with Gasteiger partial charge in [0.1, 0.15) is 0 Å². The molecule has 1 amide bonds. The third kappa shape index (κ3) is 4.95. The maximum Gasteiger partial charge on any atom is 0.220 e. The molecule has 1 aromatic carbocycles. The zero-order chi connectivity index (χ0) is 19.4. The van der Waals surface area contributed by atoms with E-state index in [2.05, 4.69) is 21.8 Å². The molecule has 1 aliphatic rings. The maximum absolute atomic E-state index is 12.4. The number of nitrogens with zero attached hydrogens (tertiary/aromatic N) is 2. The summed E-state index contributed by atoms with van der Waals surface area (Å²) in [5.41, 5.74) is 3.00. The Balaban J connectivity index is 1.57. The molecule has 0 spiro atoms. The van der Waals surface area contributed by atoms with Crippen molar-refractivity contribution in [2.45, 2.75) is 50.2 Å². The molecule has 27 heavy (non-hydrogen) atoms. The van der Waals surface area contributed by atoms with Crippen molar-refractivity contribution in [1.29, 1.82) is 0 Å². The van der Waals surface area contributed by atoms with E-state index in [-0.39, 0.29) is 16.8 Å². The van der Waals surface area contributed by atoms with E-state index in [1.807, 2.05) is 11.6 Å². The Morgan fingerprint density at radius 1 is 1.33 bits per heavy atom.